The van der Waals surface area contributed by atoms with Crippen LogP contribution in [-0.4, -0.2) is 61.0 Å². The summed E-state index contributed by atoms with van der Waals surface area (Å²) in [4.78, 5) is 30.9. The molecule has 2 aromatic rings. The Balaban J connectivity index is 1.47. The third kappa shape index (κ3) is 5.30. The van der Waals surface area contributed by atoms with Crippen LogP contribution in [0, 0.1) is 0 Å². The summed E-state index contributed by atoms with van der Waals surface area (Å²) in [6.45, 7) is 6.40. The molecule has 0 unspecified atom stereocenters. The second kappa shape index (κ2) is 11.1. The molecule has 1 N–H and O–H groups in total. The lowest BCUT2D eigenvalue weighted by atomic mass is 9.97. The van der Waals surface area contributed by atoms with E-state index >= 15 is 0 Å². The lowest BCUT2D eigenvalue weighted by Crippen LogP contribution is -2.45. The molecule has 7 heteroatoms. The molecule has 0 aromatic heterocycles. The van der Waals surface area contributed by atoms with Crippen LogP contribution in [0.25, 0.3) is 0 Å². The number of benzene rings is 2. The number of methoxy groups -OCH3 is 2. The van der Waals surface area contributed by atoms with Gasteiger partial charge in [0.2, 0.25) is 5.91 Å². The zero-order valence-electron chi connectivity index (χ0n) is 21.3. The van der Waals surface area contributed by atoms with Gasteiger partial charge in [-0.05, 0) is 56.9 Å². The zero-order chi connectivity index (χ0) is 24.9. The third-order valence-electron chi connectivity index (χ3n) is 7.41. The van der Waals surface area contributed by atoms with E-state index in [1.807, 2.05) is 30.3 Å². The van der Waals surface area contributed by atoms with Gasteiger partial charge in [0.25, 0.3) is 5.91 Å². The van der Waals surface area contributed by atoms with Crippen molar-refractivity contribution in [2.24, 2.45) is 0 Å². The minimum absolute atomic E-state index is 0.143. The first kappa shape index (κ1) is 25.0. The summed E-state index contributed by atoms with van der Waals surface area (Å²) in [5, 5.41) is 3.11. The summed E-state index contributed by atoms with van der Waals surface area (Å²) in [6.07, 6.45) is 4.65. The van der Waals surface area contributed by atoms with Gasteiger partial charge in [0, 0.05) is 42.4 Å². The maximum atomic E-state index is 13.4. The van der Waals surface area contributed by atoms with Crippen molar-refractivity contribution in [2.45, 2.75) is 64.2 Å². The van der Waals surface area contributed by atoms with E-state index in [0.29, 0.717) is 35.7 Å². The molecule has 188 valence electrons. The van der Waals surface area contributed by atoms with Crippen LogP contribution in [-0.2, 0) is 11.3 Å². The monoisotopic (exact) mass is 479 g/mol. The molecule has 3 atom stereocenters. The first-order valence-electron chi connectivity index (χ1n) is 12.6. The lowest BCUT2D eigenvalue weighted by molar-refractivity contribution is -0.125. The number of piperidine rings is 1. The molecule has 2 aliphatic heterocycles. The van der Waals surface area contributed by atoms with Gasteiger partial charge >= 0.3 is 0 Å². The van der Waals surface area contributed by atoms with E-state index in [2.05, 4.69) is 24.1 Å². The highest BCUT2D eigenvalue weighted by Crippen LogP contribution is 2.37. The number of hydrogen-bond acceptors (Lipinski definition) is 5. The molecule has 7 nitrogen and oxygen atoms in total. The van der Waals surface area contributed by atoms with Gasteiger partial charge in [-0.15, -0.1) is 0 Å². The summed E-state index contributed by atoms with van der Waals surface area (Å²) < 4.78 is 10.8. The van der Waals surface area contributed by atoms with E-state index in [1.54, 1.807) is 31.3 Å². The van der Waals surface area contributed by atoms with Crippen LogP contribution >= 0.6 is 0 Å². The number of ether oxygens (including phenoxy) is 2. The fraction of sp³-hybridized carbons (Fsp3) is 0.500. The Bertz CT molecular complexity index is 1050. The molecule has 2 aliphatic rings. The van der Waals surface area contributed by atoms with Crippen LogP contribution in [0.3, 0.4) is 0 Å². The van der Waals surface area contributed by atoms with E-state index in [4.69, 9.17) is 9.47 Å². The van der Waals surface area contributed by atoms with E-state index in [9.17, 15) is 9.59 Å². The fourth-order valence-corrected chi connectivity index (χ4v) is 5.47. The van der Waals surface area contributed by atoms with Crippen molar-refractivity contribution in [2.75, 3.05) is 27.3 Å². The number of carbonyl (C=O) groups excluding carboxylic acids is 2. The predicted molar refractivity (Wildman–Crippen MR) is 136 cm³/mol. The first-order valence-corrected chi connectivity index (χ1v) is 12.6. The molecule has 2 heterocycles. The SMILES string of the molecule is COc1ccc(CN2C(=O)c3ccccc3[C@H]2C(=O)NCCCN2[C@H](C)CCC[C@@H]2C)c(OC)c1. The number of hydrogen-bond donors (Lipinski definition) is 1. The number of rotatable bonds is 9. The molecule has 0 saturated carbocycles. The fourth-order valence-electron chi connectivity index (χ4n) is 5.47. The minimum Gasteiger partial charge on any atom is -0.497 e. The largest absolute Gasteiger partial charge is 0.497 e. The van der Waals surface area contributed by atoms with Gasteiger partial charge in [0.1, 0.15) is 17.5 Å². The molecule has 0 spiro atoms. The highest BCUT2D eigenvalue weighted by Gasteiger charge is 2.41. The Morgan fingerprint density at radius 3 is 2.51 bits per heavy atom. The first-order chi connectivity index (χ1) is 16.9. The smallest absolute Gasteiger partial charge is 0.255 e. The normalized spacial score (nSPS) is 22.1. The summed E-state index contributed by atoms with van der Waals surface area (Å²) in [5.41, 5.74) is 2.15. The summed E-state index contributed by atoms with van der Waals surface area (Å²) >= 11 is 0. The molecular weight excluding hydrogens is 442 g/mol. The van der Waals surface area contributed by atoms with Crippen LogP contribution in [0.4, 0.5) is 0 Å². The van der Waals surface area contributed by atoms with Gasteiger partial charge in [0.15, 0.2) is 0 Å². The van der Waals surface area contributed by atoms with Crippen molar-refractivity contribution in [3.05, 3.63) is 59.2 Å². The number of nitrogens with one attached hydrogen (secondary N) is 1. The minimum atomic E-state index is -0.668. The molecule has 4 rings (SSSR count). The molecule has 2 amide bonds. The lowest BCUT2D eigenvalue weighted by Gasteiger charge is -2.39. The number of carbonyl (C=O) groups is 2. The predicted octanol–water partition coefficient (Wildman–Crippen LogP) is 4.17. The van der Waals surface area contributed by atoms with Crippen molar-refractivity contribution in [3.63, 3.8) is 0 Å². The highest BCUT2D eigenvalue weighted by molar-refractivity contribution is 6.04. The highest BCUT2D eigenvalue weighted by atomic mass is 16.5. The van der Waals surface area contributed by atoms with E-state index in [0.717, 1.165) is 24.1 Å². The summed E-state index contributed by atoms with van der Waals surface area (Å²) in [7, 11) is 3.19. The second-order valence-electron chi connectivity index (χ2n) is 9.61. The topological polar surface area (TPSA) is 71.1 Å². The maximum absolute atomic E-state index is 13.4. The number of amides is 2. The quantitative estimate of drug-likeness (QED) is 0.547. The van der Waals surface area contributed by atoms with Crippen LogP contribution in [0.5, 0.6) is 11.5 Å². The van der Waals surface area contributed by atoms with E-state index in [1.165, 1.54) is 19.3 Å². The van der Waals surface area contributed by atoms with Crippen molar-refractivity contribution in [1.82, 2.24) is 15.1 Å². The van der Waals surface area contributed by atoms with E-state index in [-0.39, 0.29) is 18.4 Å². The second-order valence-corrected chi connectivity index (χ2v) is 9.61. The number of fused-ring (bicyclic) bond motifs is 1. The standard InChI is InChI=1S/C28H37N3O4/c1-19-9-7-10-20(2)30(19)16-8-15-29-27(32)26-23-11-5-6-12-24(23)28(33)31(26)18-21-13-14-22(34-3)17-25(21)35-4/h5-6,11-14,17,19-20,26H,7-10,15-16,18H2,1-4H3,(H,29,32)/t19-,20+,26-/m0/s1. The van der Waals surface area contributed by atoms with Crippen LogP contribution in [0.1, 0.15) is 67.1 Å². The molecule has 1 fully saturated rings. The molecule has 0 aliphatic carbocycles. The molecule has 2 aromatic carbocycles. The number of likely N-dealkylation sites (tertiary alicyclic amines) is 1. The van der Waals surface area contributed by atoms with Crippen molar-refractivity contribution in [3.8, 4) is 11.5 Å². The average Bonchev–Trinajstić information content (AvgIpc) is 3.14. The third-order valence-corrected chi connectivity index (χ3v) is 7.41. The molecule has 1 saturated heterocycles. The Morgan fingerprint density at radius 1 is 1.06 bits per heavy atom. The molecular formula is C28H37N3O4. The van der Waals surface area contributed by atoms with Crippen molar-refractivity contribution < 1.29 is 19.1 Å². The summed E-state index contributed by atoms with van der Waals surface area (Å²) in [6, 6.07) is 13.4. The Hall–Kier alpha value is -3.06. The summed E-state index contributed by atoms with van der Waals surface area (Å²) in [5.74, 6) is 1.01. The zero-order valence-corrected chi connectivity index (χ0v) is 21.3. The van der Waals surface area contributed by atoms with Gasteiger partial charge < -0.3 is 19.7 Å². The average molecular weight is 480 g/mol. The Morgan fingerprint density at radius 2 is 1.80 bits per heavy atom. The van der Waals surface area contributed by atoms with Gasteiger partial charge in [-0.2, -0.15) is 0 Å². The van der Waals surface area contributed by atoms with Gasteiger partial charge in [-0.1, -0.05) is 24.6 Å². The Kier molecular flexibility index (Phi) is 7.96. The molecule has 35 heavy (non-hydrogen) atoms. The van der Waals surface area contributed by atoms with Crippen molar-refractivity contribution >= 4 is 11.8 Å². The maximum Gasteiger partial charge on any atom is 0.255 e. The number of nitrogens with zero attached hydrogens (tertiary/aromatic N) is 2. The van der Waals surface area contributed by atoms with Crippen molar-refractivity contribution in [1.29, 1.82) is 0 Å². The molecule has 0 radical (unpaired) electrons. The Labute approximate surface area is 208 Å². The van der Waals surface area contributed by atoms with Gasteiger partial charge in [-0.25, -0.2) is 0 Å². The van der Waals surface area contributed by atoms with Gasteiger partial charge in [0.05, 0.1) is 20.8 Å². The van der Waals surface area contributed by atoms with Crippen LogP contribution < -0.4 is 14.8 Å². The van der Waals surface area contributed by atoms with Gasteiger partial charge in [-0.3, -0.25) is 14.5 Å². The molecule has 0 bridgehead atoms. The van der Waals surface area contributed by atoms with E-state index < -0.39 is 6.04 Å². The van der Waals surface area contributed by atoms with Crippen LogP contribution in [0.15, 0.2) is 42.5 Å². The van der Waals surface area contributed by atoms with Crippen LogP contribution in [0.2, 0.25) is 0 Å².